The largest absolute Gasteiger partial charge is 0.457 e. The van der Waals surface area contributed by atoms with Gasteiger partial charge >= 0.3 is 0 Å². The highest BCUT2D eigenvalue weighted by molar-refractivity contribution is 5.92. The Balaban J connectivity index is 1.15. The van der Waals surface area contributed by atoms with Crippen LogP contribution in [0.1, 0.15) is 27.8 Å². The fourth-order valence-corrected chi connectivity index (χ4v) is 8.92. The monoisotopic (exact) mass is 739 g/mol. The molecule has 8 aromatic carbocycles. The van der Waals surface area contributed by atoms with Gasteiger partial charge in [-0.3, -0.25) is 0 Å². The van der Waals surface area contributed by atoms with Crippen LogP contribution in [0.2, 0.25) is 0 Å². The Morgan fingerprint density at radius 1 is 0.379 bits per heavy atom. The smallest absolute Gasteiger partial charge is 0.160 e. The predicted octanol–water partition coefficient (Wildman–Crippen LogP) is 13.2. The Bertz CT molecular complexity index is 3050. The van der Waals surface area contributed by atoms with Gasteiger partial charge in [0.1, 0.15) is 11.5 Å². The van der Waals surface area contributed by atoms with Crippen molar-refractivity contribution in [2.75, 3.05) is 0 Å². The van der Waals surface area contributed by atoms with Crippen molar-refractivity contribution in [2.24, 2.45) is 0 Å². The zero-order valence-electron chi connectivity index (χ0n) is 31.3. The first-order chi connectivity index (χ1) is 28.7. The zero-order valence-corrected chi connectivity index (χ0v) is 31.3. The van der Waals surface area contributed by atoms with Gasteiger partial charge in [0.15, 0.2) is 5.82 Å². The lowest BCUT2D eigenvalue weighted by Gasteiger charge is -2.39. The summed E-state index contributed by atoms with van der Waals surface area (Å²) < 4.78 is 6.67. The third-order valence-electron chi connectivity index (χ3n) is 11.6. The highest BCUT2D eigenvalue weighted by Gasteiger charge is 2.51. The van der Waals surface area contributed by atoms with Gasteiger partial charge in [-0.1, -0.05) is 152 Å². The van der Waals surface area contributed by atoms with Crippen LogP contribution in [-0.4, -0.2) is 9.97 Å². The number of hydrogen-bond acceptors (Lipinski definition) is 4. The van der Waals surface area contributed by atoms with Gasteiger partial charge in [-0.25, -0.2) is 9.97 Å². The van der Waals surface area contributed by atoms with Gasteiger partial charge in [0, 0.05) is 27.8 Å². The van der Waals surface area contributed by atoms with Crippen molar-refractivity contribution in [3.63, 3.8) is 0 Å². The topological polar surface area (TPSA) is 58.8 Å². The normalized spacial score (nSPS) is 12.7. The first-order valence-electron chi connectivity index (χ1n) is 19.4. The summed E-state index contributed by atoms with van der Waals surface area (Å²) in [5.74, 6) is 2.32. The molecule has 0 saturated heterocycles. The van der Waals surface area contributed by atoms with Crippen molar-refractivity contribution in [3.8, 4) is 84.9 Å². The van der Waals surface area contributed by atoms with E-state index in [1.165, 1.54) is 11.1 Å². The summed E-state index contributed by atoms with van der Waals surface area (Å²) >= 11 is 0. The van der Waals surface area contributed by atoms with E-state index in [2.05, 4.69) is 158 Å². The Morgan fingerprint density at radius 2 is 0.862 bits per heavy atom. The Labute approximate surface area is 337 Å². The van der Waals surface area contributed by atoms with Crippen molar-refractivity contribution in [1.29, 1.82) is 5.26 Å². The molecule has 0 amide bonds. The van der Waals surface area contributed by atoms with Crippen molar-refractivity contribution in [3.05, 3.63) is 228 Å². The maximum Gasteiger partial charge on any atom is 0.160 e. The highest BCUT2D eigenvalue weighted by atomic mass is 16.5. The van der Waals surface area contributed by atoms with Crippen LogP contribution in [0.25, 0.3) is 67.3 Å². The summed E-state index contributed by atoms with van der Waals surface area (Å²) in [5.41, 5.74) is 15.9. The van der Waals surface area contributed by atoms with Gasteiger partial charge in [-0.05, 0) is 93.0 Å². The van der Waals surface area contributed by atoms with E-state index in [4.69, 9.17) is 14.7 Å². The number of fused-ring (bicyclic) bond motifs is 9. The lowest BCUT2D eigenvalue weighted by Crippen LogP contribution is -2.32. The molecule has 0 fully saturated rings. The molecule has 0 unspecified atom stereocenters. The third kappa shape index (κ3) is 5.29. The van der Waals surface area contributed by atoms with Gasteiger partial charge in [0.25, 0.3) is 0 Å². The second-order valence-electron chi connectivity index (χ2n) is 14.8. The zero-order chi connectivity index (χ0) is 38.6. The standard InChI is InChI=1S/C54H33N3O/c55-34-35-22-24-37(25-23-35)40-26-28-43-44-29-27-42(32-48(44)54(47(43)31-40)45-18-7-9-20-51(45)58-52-21-10-8-19-46(52)54)53-56-49(38-14-5-2-6-15-38)33-50(57-53)41-17-11-16-39(30-41)36-12-3-1-4-13-36/h1-33H. The van der Waals surface area contributed by atoms with Gasteiger partial charge in [0.2, 0.25) is 0 Å². The third-order valence-corrected chi connectivity index (χ3v) is 11.6. The average molecular weight is 740 g/mol. The quantitative estimate of drug-likeness (QED) is 0.176. The van der Waals surface area contributed by atoms with Crippen molar-refractivity contribution >= 4 is 0 Å². The summed E-state index contributed by atoms with van der Waals surface area (Å²) in [6.45, 7) is 0. The first-order valence-corrected chi connectivity index (χ1v) is 19.4. The molecule has 4 heteroatoms. The molecule has 2 heterocycles. The molecule has 0 radical (unpaired) electrons. The van der Waals surface area contributed by atoms with Crippen LogP contribution in [-0.2, 0) is 5.41 Å². The van der Waals surface area contributed by atoms with E-state index in [1.54, 1.807) is 0 Å². The van der Waals surface area contributed by atoms with Crippen LogP contribution in [0.4, 0.5) is 0 Å². The number of aromatic nitrogens is 2. The van der Waals surface area contributed by atoms with Crippen molar-refractivity contribution in [2.45, 2.75) is 5.41 Å². The number of benzene rings is 8. The molecule has 2 aliphatic rings. The minimum atomic E-state index is -0.696. The Morgan fingerprint density at radius 3 is 1.52 bits per heavy atom. The molecule has 270 valence electrons. The Kier molecular flexibility index (Phi) is 7.74. The van der Waals surface area contributed by atoms with E-state index in [-0.39, 0.29) is 0 Å². The van der Waals surface area contributed by atoms with Crippen molar-refractivity contribution < 1.29 is 4.74 Å². The lowest BCUT2D eigenvalue weighted by molar-refractivity contribution is 0.436. The van der Waals surface area contributed by atoms with Gasteiger partial charge in [-0.15, -0.1) is 0 Å². The molecule has 1 aliphatic carbocycles. The van der Waals surface area contributed by atoms with E-state index < -0.39 is 5.41 Å². The summed E-state index contributed by atoms with van der Waals surface area (Å²) in [7, 11) is 0. The molecular formula is C54H33N3O. The summed E-state index contributed by atoms with van der Waals surface area (Å²) in [4.78, 5) is 10.6. The predicted molar refractivity (Wildman–Crippen MR) is 231 cm³/mol. The van der Waals surface area contributed by atoms with E-state index in [0.717, 1.165) is 84.1 Å². The molecule has 0 bridgehead atoms. The van der Waals surface area contributed by atoms with E-state index in [9.17, 15) is 5.26 Å². The maximum atomic E-state index is 9.51. The fraction of sp³-hybridized carbons (Fsp3) is 0.0185. The summed E-state index contributed by atoms with van der Waals surface area (Å²) in [5, 5.41) is 9.51. The van der Waals surface area contributed by atoms with Crippen LogP contribution < -0.4 is 4.74 Å². The number of ether oxygens (including phenoxy) is 1. The molecule has 58 heavy (non-hydrogen) atoms. The summed E-state index contributed by atoms with van der Waals surface area (Å²) in [6, 6.07) is 71.9. The van der Waals surface area contributed by atoms with Crippen LogP contribution >= 0.6 is 0 Å². The SMILES string of the molecule is N#Cc1ccc(-c2ccc3c(c2)C2(c4ccccc4Oc4ccccc42)c2cc(-c4nc(-c5ccccc5)cc(-c5cccc(-c6ccccc6)c5)n4)ccc2-3)cc1. The summed E-state index contributed by atoms with van der Waals surface area (Å²) in [6.07, 6.45) is 0. The number of nitrogens with zero attached hydrogens (tertiary/aromatic N) is 3. The molecular weight excluding hydrogens is 707 g/mol. The molecule has 1 aliphatic heterocycles. The number of para-hydroxylation sites is 2. The number of nitriles is 1. The van der Waals surface area contributed by atoms with Crippen LogP contribution in [0.15, 0.2) is 200 Å². The van der Waals surface area contributed by atoms with Gasteiger partial charge in [0.05, 0.1) is 28.4 Å². The number of hydrogen-bond donors (Lipinski definition) is 0. The molecule has 0 N–H and O–H groups in total. The van der Waals surface area contributed by atoms with Crippen LogP contribution in [0.3, 0.4) is 0 Å². The van der Waals surface area contributed by atoms with Gasteiger partial charge in [-0.2, -0.15) is 5.26 Å². The molecule has 4 nitrogen and oxygen atoms in total. The average Bonchev–Trinajstić information content (AvgIpc) is 3.58. The van der Waals surface area contributed by atoms with E-state index >= 15 is 0 Å². The van der Waals surface area contributed by atoms with Gasteiger partial charge < -0.3 is 4.74 Å². The molecule has 1 aromatic heterocycles. The second-order valence-corrected chi connectivity index (χ2v) is 14.8. The first kappa shape index (κ1) is 33.5. The van der Waals surface area contributed by atoms with E-state index in [1.807, 2.05) is 48.5 Å². The highest BCUT2D eigenvalue weighted by Crippen LogP contribution is 2.62. The molecule has 9 aromatic rings. The minimum Gasteiger partial charge on any atom is -0.457 e. The van der Waals surface area contributed by atoms with Crippen LogP contribution in [0.5, 0.6) is 11.5 Å². The maximum absolute atomic E-state index is 9.51. The molecule has 0 atom stereocenters. The molecule has 11 rings (SSSR count). The Hall–Kier alpha value is -7.87. The minimum absolute atomic E-state index is 0.638. The number of rotatable bonds is 5. The second kappa shape index (κ2) is 13.4. The van der Waals surface area contributed by atoms with Crippen molar-refractivity contribution in [1.82, 2.24) is 9.97 Å². The van der Waals surface area contributed by atoms with E-state index in [0.29, 0.717) is 11.4 Å². The molecule has 0 saturated carbocycles. The lowest BCUT2D eigenvalue weighted by atomic mass is 9.65. The fourth-order valence-electron chi connectivity index (χ4n) is 8.92. The van der Waals surface area contributed by atoms with Crippen LogP contribution in [0, 0.1) is 11.3 Å². The molecule has 1 spiro atoms.